The lowest BCUT2D eigenvalue weighted by atomic mass is 10.1. The summed E-state index contributed by atoms with van der Waals surface area (Å²) in [5, 5.41) is 8.02. The Morgan fingerprint density at radius 1 is 1.41 bits per heavy atom. The van der Waals surface area contributed by atoms with E-state index in [1.165, 1.54) is 18.4 Å². The van der Waals surface area contributed by atoms with Crippen LogP contribution < -0.4 is 5.32 Å². The van der Waals surface area contributed by atoms with E-state index in [-0.39, 0.29) is 5.54 Å². The molecule has 1 aromatic heterocycles. The van der Waals surface area contributed by atoms with Crippen molar-refractivity contribution in [2.24, 2.45) is 0 Å². The smallest absolute Gasteiger partial charge is 0.0245 e. The van der Waals surface area contributed by atoms with Crippen molar-refractivity contribution in [2.75, 3.05) is 13.1 Å². The molecule has 2 nitrogen and oxygen atoms in total. The normalized spacial score (nSPS) is 16.7. The summed E-state index contributed by atoms with van der Waals surface area (Å²) in [6.45, 7) is 10.1. The molecule has 1 aliphatic rings. The van der Waals surface area contributed by atoms with Crippen LogP contribution in [0.3, 0.4) is 0 Å². The summed E-state index contributed by atoms with van der Waals surface area (Å²) in [5.41, 5.74) is 1.70. The van der Waals surface area contributed by atoms with Gasteiger partial charge in [-0.25, -0.2) is 0 Å². The molecule has 0 aromatic carbocycles. The van der Waals surface area contributed by atoms with E-state index < -0.39 is 0 Å². The van der Waals surface area contributed by atoms with E-state index in [1.54, 1.807) is 11.3 Å². The first-order chi connectivity index (χ1) is 8.04. The van der Waals surface area contributed by atoms with Crippen LogP contribution >= 0.6 is 11.3 Å². The molecule has 1 aliphatic carbocycles. The molecule has 0 unspecified atom stereocenters. The van der Waals surface area contributed by atoms with Gasteiger partial charge >= 0.3 is 0 Å². The highest BCUT2D eigenvalue weighted by Crippen LogP contribution is 2.28. The molecule has 0 bridgehead atoms. The Morgan fingerprint density at radius 3 is 2.71 bits per heavy atom. The molecule has 0 saturated heterocycles. The zero-order chi connectivity index (χ0) is 12.3. The van der Waals surface area contributed by atoms with Gasteiger partial charge in [-0.2, -0.15) is 11.3 Å². The Morgan fingerprint density at radius 2 is 2.18 bits per heavy atom. The van der Waals surface area contributed by atoms with Crippen LogP contribution in [0.4, 0.5) is 0 Å². The van der Waals surface area contributed by atoms with Crippen molar-refractivity contribution >= 4 is 11.3 Å². The zero-order valence-electron chi connectivity index (χ0n) is 11.2. The van der Waals surface area contributed by atoms with Gasteiger partial charge in [0.15, 0.2) is 0 Å². The minimum Gasteiger partial charge on any atom is -0.311 e. The molecular weight excluding hydrogens is 228 g/mol. The third-order valence-electron chi connectivity index (χ3n) is 3.08. The van der Waals surface area contributed by atoms with Crippen LogP contribution in [0.25, 0.3) is 0 Å². The van der Waals surface area contributed by atoms with Crippen molar-refractivity contribution in [3.05, 3.63) is 22.4 Å². The van der Waals surface area contributed by atoms with Crippen LogP contribution in [0.5, 0.6) is 0 Å². The average Bonchev–Trinajstić information content (AvgIpc) is 2.95. The summed E-state index contributed by atoms with van der Waals surface area (Å²) in [6, 6.07) is 3.09. The second-order valence-corrected chi connectivity index (χ2v) is 6.79. The van der Waals surface area contributed by atoms with E-state index in [1.807, 2.05) is 0 Å². The van der Waals surface area contributed by atoms with Crippen molar-refractivity contribution in [3.63, 3.8) is 0 Å². The number of hydrogen-bond acceptors (Lipinski definition) is 3. The third-order valence-corrected chi connectivity index (χ3v) is 3.82. The van der Waals surface area contributed by atoms with Crippen molar-refractivity contribution in [3.8, 4) is 0 Å². The highest BCUT2D eigenvalue weighted by molar-refractivity contribution is 7.07. The minimum atomic E-state index is 0.234. The SMILES string of the molecule is CC(C)(C)NCCN(Cc1ccsc1)C1CC1. The summed E-state index contributed by atoms with van der Waals surface area (Å²) in [4.78, 5) is 2.63. The van der Waals surface area contributed by atoms with Crippen LogP contribution in [0.1, 0.15) is 39.2 Å². The molecule has 1 aromatic rings. The summed E-state index contributed by atoms with van der Waals surface area (Å²) in [5.74, 6) is 0. The van der Waals surface area contributed by atoms with Crippen LogP contribution in [0.2, 0.25) is 0 Å². The van der Waals surface area contributed by atoms with E-state index in [0.717, 1.165) is 25.7 Å². The molecule has 3 heteroatoms. The topological polar surface area (TPSA) is 15.3 Å². The van der Waals surface area contributed by atoms with E-state index in [2.05, 4.69) is 47.8 Å². The lowest BCUT2D eigenvalue weighted by Crippen LogP contribution is -2.41. The van der Waals surface area contributed by atoms with Gasteiger partial charge in [0.2, 0.25) is 0 Å². The van der Waals surface area contributed by atoms with Gasteiger partial charge in [-0.1, -0.05) is 0 Å². The summed E-state index contributed by atoms with van der Waals surface area (Å²) < 4.78 is 0. The van der Waals surface area contributed by atoms with Gasteiger partial charge in [-0.05, 0) is 56.0 Å². The van der Waals surface area contributed by atoms with Crippen LogP contribution in [0.15, 0.2) is 16.8 Å². The number of thiophene rings is 1. The van der Waals surface area contributed by atoms with E-state index in [9.17, 15) is 0 Å². The molecule has 1 fully saturated rings. The van der Waals surface area contributed by atoms with E-state index in [0.29, 0.717) is 0 Å². The average molecular weight is 252 g/mol. The molecule has 1 N–H and O–H groups in total. The molecule has 1 heterocycles. The molecule has 0 atom stereocenters. The standard InChI is InChI=1S/C14H24N2S/c1-14(2,3)15-7-8-16(13-4-5-13)10-12-6-9-17-11-12/h6,9,11,13,15H,4-5,7-8,10H2,1-3H3. The molecule has 17 heavy (non-hydrogen) atoms. The van der Waals surface area contributed by atoms with Gasteiger partial charge in [0.05, 0.1) is 0 Å². The summed E-state index contributed by atoms with van der Waals surface area (Å²) in [6.07, 6.45) is 2.78. The Balaban J connectivity index is 1.77. The molecule has 96 valence electrons. The van der Waals surface area contributed by atoms with Gasteiger partial charge in [0.1, 0.15) is 0 Å². The second kappa shape index (κ2) is 5.51. The monoisotopic (exact) mass is 252 g/mol. The predicted octanol–water partition coefficient (Wildman–Crippen LogP) is 3.10. The molecule has 0 radical (unpaired) electrons. The Hall–Kier alpha value is -0.380. The Bertz CT molecular complexity index is 322. The van der Waals surface area contributed by atoms with Crippen LogP contribution in [0, 0.1) is 0 Å². The van der Waals surface area contributed by atoms with Crippen molar-refractivity contribution in [2.45, 2.75) is 51.7 Å². The van der Waals surface area contributed by atoms with Gasteiger partial charge in [-0.15, -0.1) is 0 Å². The van der Waals surface area contributed by atoms with Crippen molar-refractivity contribution in [1.82, 2.24) is 10.2 Å². The second-order valence-electron chi connectivity index (χ2n) is 6.01. The molecular formula is C14H24N2S. The van der Waals surface area contributed by atoms with E-state index >= 15 is 0 Å². The largest absolute Gasteiger partial charge is 0.311 e. The highest BCUT2D eigenvalue weighted by Gasteiger charge is 2.28. The first-order valence-electron chi connectivity index (χ1n) is 6.55. The van der Waals surface area contributed by atoms with Gasteiger partial charge in [0.25, 0.3) is 0 Å². The maximum atomic E-state index is 3.58. The fourth-order valence-corrected chi connectivity index (χ4v) is 2.68. The van der Waals surface area contributed by atoms with Gasteiger partial charge in [0, 0.05) is 31.2 Å². The molecule has 1 saturated carbocycles. The number of rotatable bonds is 6. The Labute approximate surface area is 109 Å². The quantitative estimate of drug-likeness (QED) is 0.837. The fraction of sp³-hybridized carbons (Fsp3) is 0.714. The summed E-state index contributed by atoms with van der Waals surface area (Å²) >= 11 is 1.80. The predicted molar refractivity (Wildman–Crippen MR) is 75.5 cm³/mol. The van der Waals surface area contributed by atoms with Crippen molar-refractivity contribution < 1.29 is 0 Å². The number of hydrogen-bond donors (Lipinski definition) is 1. The highest BCUT2D eigenvalue weighted by atomic mass is 32.1. The maximum Gasteiger partial charge on any atom is 0.0245 e. The van der Waals surface area contributed by atoms with Gasteiger partial charge < -0.3 is 5.32 Å². The van der Waals surface area contributed by atoms with Crippen LogP contribution in [-0.2, 0) is 6.54 Å². The lowest BCUT2D eigenvalue weighted by molar-refractivity contribution is 0.244. The number of nitrogens with zero attached hydrogens (tertiary/aromatic N) is 1. The van der Waals surface area contributed by atoms with E-state index in [4.69, 9.17) is 0 Å². The van der Waals surface area contributed by atoms with Crippen LogP contribution in [-0.4, -0.2) is 29.6 Å². The number of nitrogens with one attached hydrogen (secondary N) is 1. The summed E-state index contributed by atoms with van der Waals surface area (Å²) in [7, 11) is 0. The third kappa shape index (κ3) is 4.78. The first-order valence-corrected chi connectivity index (χ1v) is 7.49. The zero-order valence-corrected chi connectivity index (χ0v) is 12.0. The molecule has 0 aliphatic heterocycles. The minimum absolute atomic E-state index is 0.234. The lowest BCUT2D eigenvalue weighted by Gasteiger charge is -2.26. The maximum absolute atomic E-state index is 3.58. The molecule has 0 spiro atoms. The Kier molecular flexibility index (Phi) is 4.23. The van der Waals surface area contributed by atoms with Crippen molar-refractivity contribution in [1.29, 1.82) is 0 Å². The van der Waals surface area contributed by atoms with Gasteiger partial charge in [-0.3, -0.25) is 4.90 Å². The molecule has 0 amide bonds. The first kappa shape index (κ1) is 13.1. The molecule has 2 rings (SSSR count). The fourth-order valence-electron chi connectivity index (χ4n) is 2.02.